The van der Waals surface area contributed by atoms with Crippen LogP contribution in [-0.2, 0) is 6.54 Å². The van der Waals surface area contributed by atoms with E-state index in [0.717, 1.165) is 30.0 Å². The van der Waals surface area contributed by atoms with Gasteiger partial charge in [0.2, 0.25) is 5.95 Å². The second-order valence-corrected chi connectivity index (χ2v) is 4.00. The van der Waals surface area contributed by atoms with Crippen molar-refractivity contribution in [3.8, 4) is 0 Å². The van der Waals surface area contributed by atoms with Crippen molar-refractivity contribution < 1.29 is 4.52 Å². The van der Waals surface area contributed by atoms with Crippen LogP contribution in [0.2, 0.25) is 0 Å². The minimum atomic E-state index is 0.585. The molecule has 6 heteroatoms. The van der Waals surface area contributed by atoms with Crippen molar-refractivity contribution in [1.29, 1.82) is 0 Å². The van der Waals surface area contributed by atoms with E-state index in [1.54, 1.807) is 12.5 Å². The Hall–Kier alpha value is -2.11. The number of rotatable bonds is 6. The molecule has 0 spiro atoms. The van der Waals surface area contributed by atoms with Gasteiger partial charge in [-0.3, -0.25) is 0 Å². The van der Waals surface area contributed by atoms with Crippen LogP contribution in [0.3, 0.4) is 0 Å². The minimum Gasteiger partial charge on any atom is -0.364 e. The maximum absolute atomic E-state index is 4.77. The summed E-state index contributed by atoms with van der Waals surface area (Å²) >= 11 is 0. The first-order valence-electron chi connectivity index (χ1n) is 6.00. The van der Waals surface area contributed by atoms with Gasteiger partial charge in [-0.2, -0.15) is 4.98 Å². The van der Waals surface area contributed by atoms with E-state index in [1.807, 2.05) is 13.0 Å². The van der Waals surface area contributed by atoms with Gasteiger partial charge in [-0.1, -0.05) is 12.1 Å². The highest BCUT2D eigenvalue weighted by molar-refractivity contribution is 5.46. The van der Waals surface area contributed by atoms with Gasteiger partial charge >= 0.3 is 0 Å². The predicted molar refractivity (Wildman–Crippen MR) is 69.4 cm³/mol. The topological polar surface area (TPSA) is 75.9 Å². The van der Waals surface area contributed by atoms with E-state index in [4.69, 9.17) is 4.52 Å². The fourth-order valence-corrected chi connectivity index (χ4v) is 1.45. The first kappa shape index (κ1) is 12.3. The summed E-state index contributed by atoms with van der Waals surface area (Å²) in [6, 6.07) is 1.82. The average Bonchev–Trinajstić information content (AvgIpc) is 2.89. The van der Waals surface area contributed by atoms with E-state index in [9.17, 15) is 0 Å². The Morgan fingerprint density at radius 3 is 2.94 bits per heavy atom. The lowest BCUT2D eigenvalue weighted by molar-refractivity contribution is 0.412. The zero-order chi connectivity index (χ0) is 12.8. The summed E-state index contributed by atoms with van der Waals surface area (Å²) in [6.45, 7) is 5.52. The lowest BCUT2D eigenvalue weighted by atomic mass is 10.3. The smallest absolute Gasteiger partial charge is 0.224 e. The van der Waals surface area contributed by atoms with Crippen molar-refractivity contribution in [2.45, 2.75) is 26.8 Å². The maximum atomic E-state index is 4.77. The highest BCUT2D eigenvalue weighted by Gasteiger charge is 2.04. The van der Waals surface area contributed by atoms with Crippen LogP contribution in [0.15, 0.2) is 23.0 Å². The molecular weight excluding hydrogens is 230 g/mol. The van der Waals surface area contributed by atoms with Crippen LogP contribution in [-0.4, -0.2) is 21.7 Å². The third-order valence-electron chi connectivity index (χ3n) is 2.43. The highest BCUT2D eigenvalue weighted by atomic mass is 16.5. The molecule has 0 saturated heterocycles. The standard InChI is InChI=1S/C12H17N5O/c1-3-5-13-12-15-7-9(2)11(16-12)14-8-10-4-6-18-17-10/h4,6-7H,3,5,8H2,1-2H3,(H2,13,14,15,16). The molecule has 2 rings (SSSR count). The molecule has 6 nitrogen and oxygen atoms in total. The van der Waals surface area contributed by atoms with E-state index in [1.165, 1.54) is 0 Å². The van der Waals surface area contributed by atoms with Crippen LogP contribution in [0.25, 0.3) is 0 Å². The van der Waals surface area contributed by atoms with Crippen LogP contribution in [0, 0.1) is 6.92 Å². The number of nitrogens with one attached hydrogen (secondary N) is 2. The third-order valence-corrected chi connectivity index (χ3v) is 2.43. The number of anilines is 2. The Labute approximate surface area is 106 Å². The summed E-state index contributed by atoms with van der Waals surface area (Å²) in [4.78, 5) is 8.64. The molecule has 0 aliphatic carbocycles. The van der Waals surface area contributed by atoms with E-state index < -0.39 is 0 Å². The second kappa shape index (κ2) is 6.00. The molecule has 18 heavy (non-hydrogen) atoms. The van der Waals surface area contributed by atoms with Crippen molar-refractivity contribution in [1.82, 2.24) is 15.1 Å². The lowest BCUT2D eigenvalue weighted by Gasteiger charge is -2.09. The quantitative estimate of drug-likeness (QED) is 0.815. The van der Waals surface area contributed by atoms with Gasteiger partial charge < -0.3 is 15.2 Å². The monoisotopic (exact) mass is 247 g/mol. The maximum Gasteiger partial charge on any atom is 0.224 e. The molecule has 0 bridgehead atoms. The van der Waals surface area contributed by atoms with Crippen molar-refractivity contribution in [2.24, 2.45) is 0 Å². The summed E-state index contributed by atoms with van der Waals surface area (Å²) in [5.74, 6) is 1.46. The van der Waals surface area contributed by atoms with Gasteiger partial charge in [0.15, 0.2) is 0 Å². The van der Waals surface area contributed by atoms with Crippen molar-refractivity contribution >= 4 is 11.8 Å². The first-order chi connectivity index (χ1) is 8.79. The molecule has 0 aromatic carbocycles. The van der Waals surface area contributed by atoms with Gasteiger partial charge in [-0.25, -0.2) is 4.98 Å². The molecule has 0 atom stereocenters. The zero-order valence-electron chi connectivity index (χ0n) is 10.6. The number of hydrogen-bond donors (Lipinski definition) is 2. The van der Waals surface area contributed by atoms with E-state index in [2.05, 4.69) is 32.7 Å². The molecule has 2 aromatic rings. The Balaban J connectivity index is 2.01. The fraction of sp³-hybridized carbons (Fsp3) is 0.417. The van der Waals surface area contributed by atoms with Gasteiger partial charge in [0.05, 0.1) is 6.54 Å². The second-order valence-electron chi connectivity index (χ2n) is 4.00. The summed E-state index contributed by atoms with van der Waals surface area (Å²) in [7, 11) is 0. The average molecular weight is 247 g/mol. The SMILES string of the molecule is CCCNc1ncc(C)c(NCc2ccon2)n1. The molecule has 0 fully saturated rings. The molecule has 0 aliphatic rings. The van der Waals surface area contributed by atoms with E-state index in [-0.39, 0.29) is 0 Å². The molecule has 0 radical (unpaired) electrons. The molecule has 0 unspecified atom stereocenters. The molecule has 96 valence electrons. The minimum absolute atomic E-state index is 0.585. The van der Waals surface area contributed by atoms with E-state index >= 15 is 0 Å². The van der Waals surface area contributed by atoms with Crippen molar-refractivity contribution in [3.05, 3.63) is 29.8 Å². The molecule has 0 saturated carbocycles. The van der Waals surface area contributed by atoms with Crippen LogP contribution in [0.5, 0.6) is 0 Å². The van der Waals surface area contributed by atoms with E-state index in [0.29, 0.717) is 12.5 Å². The summed E-state index contributed by atoms with van der Waals surface area (Å²) in [5, 5.41) is 10.2. The van der Waals surface area contributed by atoms with Crippen LogP contribution in [0.4, 0.5) is 11.8 Å². The summed E-state index contributed by atoms with van der Waals surface area (Å²) in [6.07, 6.45) is 4.40. The van der Waals surface area contributed by atoms with Gasteiger partial charge in [0.1, 0.15) is 17.8 Å². The van der Waals surface area contributed by atoms with Crippen molar-refractivity contribution in [2.75, 3.05) is 17.2 Å². The summed E-state index contributed by atoms with van der Waals surface area (Å²) in [5.41, 5.74) is 1.84. The Morgan fingerprint density at radius 1 is 1.33 bits per heavy atom. The Kier molecular flexibility index (Phi) is 4.11. The zero-order valence-corrected chi connectivity index (χ0v) is 10.6. The lowest BCUT2D eigenvalue weighted by Crippen LogP contribution is -2.09. The molecule has 2 aromatic heterocycles. The predicted octanol–water partition coefficient (Wildman–Crippen LogP) is 2.21. The summed E-state index contributed by atoms with van der Waals surface area (Å²) < 4.78 is 4.77. The van der Waals surface area contributed by atoms with Gasteiger partial charge in [0.25, 0.3) is 0 Å². The normalized spacial score (nSPS) is 10.3. The van der Waals surface area contributed by atoms with Gasteiger partial charge in [-0.05, 0) is 13.3 Å². The first-order valence-corrected chi connectivity index (χ1v) is 6.00. The molecule has 0 amide bonds. The molecular formula is C12H17N5O. The van der Waals surface area contributed by atoms with Crippen LogP contribution < -0.4 is 10.6 Å². The Morgan fingerprint density at radius 2 is 2.22 bits per heavy atom. The van der Waals surface area contributed by atoms with Crippen molar-refractivity contribution in [3.63, 3.8) is 0 Å². The third kappa shape index (κ3) is 3.19. The number of aryl methyl sites for hydroxylation is 1. The van der Waals surface area contributed by atoms with Crippen LogP contribution >= 0.6 is 0 Å². The van der Waals surface area contributed by atoms with Gasteiger partial charge in [0, 0.05) is 24.4 Å². The molecule has 2 N–H and O–H groups in total. The molecule has 2 heterocycles. The fourth-order valence-electron chi connectivity index (χ4n) is 1.45. The van der Waals surface area contributed by atoms with Crippen LogP contribution in [0.1, 0.15) is 24.6 Å². The molecule has 0 aliphatic heterocycles. The number of aromatic nitrogens is 3. The Bertz CT molecular complexity index is 483. The number of nitrogens with zero attached hydrogens (tertiary/aromatic N) is 3. The highest BCUT2D eigenvalue weighted by Crippen LogP contribution is 2.13. The largest absolute Gasteiger partial charge is 0.364 e. The number of hydrogen-bond acceptors (Lipinski definition) is 6. The van der Waals surface area contributed by atoms with Gasteiger partial charge in [-0.15, -0.1) is 0 Å².